The zero-order valence-electron chi connectivity index (χ0n) is 12.7. The molecule has 1 aromatic carbocycles. The third-order valence-corrected chi connectivity index (χ3v) is 4.92. The molecule has 21 heavy (non-hydrogen) atoms. The molecule has 3 N–H and O–H groups in total. The molecule has 1 saturated heterocycles. The summed E-state index contributed by atoms with van der Waals surface area (Å²) in [5.41, 5.74) is 1.74. The maximum atomic E-state index is 11.1. The molecule has 1 aliphatic rings. The highest BCUT2D eigenvalue weighted by Gasteiger charge is 2.22. The fourth-order valence-corrected chi connectivity index (χ4v) is 3.50. The van der Waals surface area contributed by atoms with E-state index >= 15 is 0 Å². The lowest BCUT2D eigenvalue weighted by atomic mass is 9.90. The number of benzene rings is 1. The number of nitrogens with two attached hydrogens (primary N) is 1. The van der Waals surface area contributed by atoms with Crippen LogP contribution in [0, 0.1) is 5.92 Å². The lowest BCUT2D eigenvalue weighted by Gasteiger charge is -2.33. The molecule has 1 aromatic rings. The maximum Gasteiger partial charge on any atom is 0.213 e. The van der Waals surface area contributed by atoms with Crippen molar-refractivity contribution in [3.8, 4) is 0 Å². The minimum Gasteiger partial charge on any atom is -0.382 e. The molecule has 1 fully saturated rings. The van der Waals surface area contributed by atoms with Crippen LogP contribution in [0.5, 0.6) is 0 Å². The van der Waals surface area contributed by atoms with Gasteiger partial charge in [0.15, 0.2) is 0 Å². The minimum absolute atomic E-state index is 0.113. The molecule has 118 valence electrons. The van der Waals surface area contributed by atoms with E-state index < -0.39 is 10.0 Å². The van der Waals surface area contributed by atoms with Crippen molar-refractivity contribution in [2.24, 2.45) is 11.1 Å². The van der Waals surface area contributed by atoms with Crippen LogP contribution in [0.15, 0.2) is 24.3 Å². The zero-order valence-corrected chi connectivity index (χ0v) is 13.6. The quantitative estimate of drug-likeness (QED) is 0.866. The average molecular weight is 311 g/mol. The Kier molecular flexibility index (Phi) is 5.24. The van der Waals surface area contributed by atoms with Gasteiger partial charge in [0.2, 0.25) is 10.0 Å². The second kappa shape index (κ2) is 6.77. The third-order valence-electron chi connectivity index (χ3n) is 4.19. The van der Waals surface area contributed by atoms with E-state index in [0.717, 1.165) is 24.3 Å². The number of rotatable bonds is 5. The van der Waals surface area contributed by atoms with E-state index in [4.69, 9.17) is 5.14 Å². The number of nitrogens with one attached hydrogen (secondary N) is 1. The van der Waals surface area contributed by atoms with Crippen LogP contribution in [-0.4, -0.2) is 39.5 Å². The predicted octanol–water partition coefficient (Wildman–Crippen LogP) is 1.62. The Hall–Kier alpha value is -1.11. The normalized spacial score (nSPS) is 19.4. The number of primary sulfonamides is 1. The molecule has 0 bridgehead atoms. The van der Waals surface area contributed by atoms with Crippen molar-refractivity contribution in [2.75, 3.05) is 25.5 Å². The van der Waals surface area contributed by atoms with Crippen molar-refractivity contribution in [2.45, 2.75) is 31.6 Å². The lowest BCUT2D eigenvalue weighted by Crippen LogP contribution is -2.37. The monoisotopic (exact) mass is 311 g/mol. The van der Waals surface area contributed by atoms with E-state index in [-0.39, 0.29) is 5.75 Å². The molecule has 0 amide bonds. The number of hydrogen-bond acceptors (Lipinski definition) is 4. The Morgan fingerprint density at radius 2 is 1.86 bits per heavy atom. The summed E-state index contributed by atoms with van der Waals surface area (Å²) in [5.74, 6) is 0.572. The van der Waals surface area contributed by atoms with Crippen molar-refractivity contribution < 1.29 is 8.42 Å². The van der Waals surface area contributed by atoms with Crippen molar-refractivity contribution in [3.05, 3.63) is 29.8 Å². The summed E-state index contributed by atoms with van der Waals surface area (Å²) >= 11 is 0. The first-order valence-corrected chi connectivity index (χ1v) is 9.09. The number of sulfonamides is 1. The summed E-state index contributed by atoms with van der Waals surface area (Å²) in [6, 6.07) is 7.89. The average Bonchev–Trinajstić information content (AvgIpc) is 2.40. The molecular weight excluding hydrogens is 286 g/mol. The summed E-state index contributed by atoms with van der Waals surface area (Å²) in [6.07, 6.45) is 2.43. The van der Waals surface area contributed by atoms with Crippen LogP contribution in [0.1, 0.15) is 25.3 Å². The van der Waals surface area contributed by atoms with Gasteiger partial charge in [-0.3, -0.25) is 0 Å². The molecule has 0 spiro atoms. The van der Waals surface area contributed by atoms with E-state index in [1.165, 1.54) is 12.8 Å². The van der Waals surface area contributed by atoms with Crippen molar-refractivity contribution in [1.29, 1.82) is 0 Å². The molecule has 1 aliphatic heterocycles. The van der Waals surface area contributed by atoms with Crippen LogP contribution >= 0.6 is 0 Å². The SMILES string of the molecule is CC(Nc1ccc(CS(N)(=O)=O)cc1)C1CCN(C)CC1. The largest absolute Gasteiger partial charge is 0.382 e. The van der Waals surface area contributed by atoms with Crippen molar-refractivity contribution in [1.82, 2.24) is 4.90 Å². The molecule has 6 heteroatoms. The first-order valence-electron chi connectivity index (χ1n) is 7.38. The number of nitrogens with zero attached hydrogens (tertiary/aromatic N) is 1. The fourth-order valence-electron chi connectivity index (χ4n) is 2.84. The van der Waals surface area contributed by atoms with Gasteiger partial charge < -0.3 is 10.2 Å². The topological polar surface area (TPSA) is 75.4 Å². The highest BCUT2D eigenvalue weighted by atomic mass is 32.2. The van der Waals surface area contributed by atoms with Gasteiger partial charge in [-0.25, -0.2) is 13.6 Å². The lowest BCUT2D eigenvalue weighted by molar-refractivity contribution is 0.208. The van der Waals surface area contributed by atoms with Gasteiger partial charge in [-0.15, -0.1) is 0 Å². The number of piperidine rings is 1. The van der Waals surface area contributed by atoms with E-state index in [0.29, 0.717) is 12.0 Å². The molecule has 0 saturated carbocycles. The number of hydrogen-bond donors (Lipinski definition) is 2. The summed E-state index contributed by atoms with van der Waals surface area (Å²) in [4.78, 5) is 2.37. The summed E-state index contributed by atoms with van der Waals surface area (Å²) in [7, 11) is -1.30. The van der Waals surface area contributed by atoms with Gasteiger partial charge in [0.1, 0.15) is 0 Å². The Labute approximate surface area is 127 Å². The van der Waals surface area contributed by atoms with Gasteiger partial charge in [-0.05, 0) is 63.5 Å². The number of anilines is 1. The Morgan fingerprint density at radius 1 is 1.29 bits per heavy atom. The maximum absolute atomic E-state index is 11.1. The molecule has 1 atom stereocenters. The molecule has 1 heterocycles. The smallest absolute Gasteiger partial charge is 0.213 e. The van der Waals surface area contributed by atoms with Crippen LogP contribution < -0.4 is 10.5 Å². The van der Waals surface area contributed by atoms with Crippen LogP contribution in [0.2, 0.25) is 0 Å². The molecular formula is C15H25N3O2S. The van der Waals surface area contributed by atoms with E-state index in [1.807, 2.05) is 24.3 Å². The van der Waals surface area contributed by atoms with Crippen LogP contribution in [0.4, 0.5) is 5.69 Å². The molecule has 2 rings (SSSR count). The van der Waals surface area contributed by atoms with Gasteiger partial charge in [0.25, 0.3) is 0 Å². The highest BCUT2D eigenvalue weighted by Crippen LogP contribution is 2.22. The van der Waals surface area contributed by atoms with Crippen LogP contribution in [-0.2, 0) is 15.8 Å². The van der Waals surface area contributed by atoms with E-state index in [2.05, 4.69) is 24.2 Å². The van der Waals surface area contributed by atoms with Crippen molar-refractivity contribution in [3.63, 3.8) is 0 Å². The fraction of sp³-hybridized carbons (Fsp3) is 0.600. The molecule has 0 radical (unpaired) electrons. The zero-order chi connectivity index (χ0) is 15.5. The first-order chi connectivity index (χ1) is 9.83. The standard InChI is InChI=1S/C15H25N3O2S/c1-12(14-7-9-18(2)10-8-14)17-15-5-3-13(4-6-15)11-21(16,19)20/h3-6,12,14,17H,7-11H2,1-2H3,(H2,16,19,20). The van der Waals surface area contributed by atoms with E-state index in [1.54, 1.807) is 0 Å². The predicted molar refractivity (Wildman–Crippen MR) is 86.6 cm³/mol. The second-order valence-corrected chi connectivity index (χ2v) is 7.69. The Morgan fingerprint density at radius 3 is 2.38 bits per heavy atom. The summed E-state index contributed by atoms with van der Waals surface area (Å²) < 4.78 is 22.1. The molecule has 0 aliphatic carbocycles. The summed E-state index contributed by atoms with van der Waals surface area (Å²) in [5, 5.41) is 8.56. The van der Waals surface area contributed by atoms with Gasteiger partial charge in [0.05, 0.1) is 5.75 Å². The highest BCUT2D eigenvalue weighted by molar-refractivity contribution is 7.88. The molecule has 1 unspecified atom stereocenters. The molecule has 5 nitrogen and oxygen atoms in total. The first kappa shape index (κ1) is 16.3. The minimum atomic E-state index is -3.46. The second-order valence-electron chi connectivity index (χ2n) is 6.08. The van der Waals surface area contributed by atoms with Crippen LogP contribution in [0.25, 0.3) is 0 Å². The van der Waals surface area contributed by atoms with Gasteiger partial charge in [0, 0.05) is 11.7 Å². The van der Waals surface area contributed by atoms with E-state index in [9.17, 15) is 8.42 Å². The summed E-state index contributed by atoms with van der Waals surface area (Å²) in [6.45, 7) is 4.53. The number of likely N-dealkylation sites (tertiary alicyclic amines) is 1. The van der Waals surface area contributed by atoms with Gasteiger partial charge in [-0.1, -0.05) is 12.1 Å². The van der Waals surface area contributed by atoms with Crippen molar-refractivity contribution >= 4 is 15.7 Å². The Bertz CT molecular complexity index is 549. The third kappa shape index (κ3) is 5.30. The molecule has 0 aromatic heterocycles. The van der Waals surface area contributed by atoms with Crippen LogP contribution in [0.3, 0.4) is 0 Å². The van der Waals surface area contributed by atoms with Gasteiger partial charge in [-0.2, -0.15) is 0 Å². The Balaban J connectivity index is 1.90. The van der Waals surface area contributed by atoms with Gasteiger partial charge >= 0.3 is 0 Å².